The van der Waals surface area contributed by atoms with Crippen molar-refractivity contribution in [2.24, 2.45) is 0 Å². The van der Waals surface area contributed by atoms with Crippen LogP contribution in [-0.4, -0.2) is 48.6 Å². The Balaban J connectivity index is 2.05. The van der Waals surface area contributed by atoms with Gasteiger partial charge in [0.25, 0.3) is 0 Å². The second-order valence-corrected chi connectivity index (χ2v) is 8.72. The summed E-state index contributed by atoms with van der Waals surface area (Å²) in [6, 6.07) is 2.50. The second kappa shape index (κ2) is 7.53. The van der Waals surface area contributed by atoms with Crippen molar-refractivity contribution in [2.75, 3.05) is 13.1 Å². The van der Waals surface area contributed by atoms with Crippen LogP contribution in [0.15, 0.2) is 18.3 Å². The molecule has 152 valence electrons. The number of hydrogen-bond acceptors (Lipinski definition) is 6. The Morgan fingerprint density at radius 3 is 2.44 bits per heavy atom. The molecule has 1 aliphatic heterocycles. The minimum absolute atomic E-state index is 0.0907. The molecule has 1 aromatic rings. The molecule has 1 saturated heterocycles. The standard InChI is InChI=1S/C16H21F3N2O5S/c1-15(2,3)25-14(22)21-8-4-5-12(10-21)11-6-7-13(20-9-11)26-27(23,24)16(17,18)19/h6-7,9,12H,4-5,8,10H2,1-3H3. The maximum atomic E-state index is 12.3. The third-order valence-corrected chi connectivity index (χ3v) is 4.74. The van der Waals surface area contributed by atoms with Gasteiger partial charge >= 0.3 is 21.7 Å². The van der Waals surface area contributed by atoms with Gasteiger partial charge in [0.2, 0.25) is 5.88 Å². The predicted molar refractivity (Wildman–Crippen MR) is 89.6 cm³/mol. The molecule has 0 saturated carbocycles. The molecule has 0 spiro atoms. The first kappa shape index (κ1) is 21.3. The van der Waals surface area contributed by atoms with Crippen LogP contribution in [-0.2, 0) is 14.9 Å². The molecule has 0 radical (unpaired) electrons. The van der Waals surface area contributed by atoms with Gasteiger partial charge in [0, 0.05) is 31.3 Å². The topological polar surface area (TPSA) is 85.8 Å². The summed E-state index contributed by atoms with van der Waals surface area (Å²) in [4.78, 5) is 17.4. The molecule has 0 bridgehead atoms. The number of ether oxygens (including phenoxy) is 1. The van der Waals surface area contributed by atoms with Gasteiger partial charge in [-0.15, -0.1) is 0 Å². The number of nitrogens with zero attached hydrogens (tertiary/aromatic N) is 2. The van der Waals surface area contributed by atoms with Crippen LogP contribution in [0.4, 0.5) is 18.0 Å². The average Bonchev–Trinajstić information content (AvgIpc) is 2.53. The van der Waals surface area contributed by atoms with Gasteiger partial charge in [-0.25, -0.2) is 9.78 Å². The zero-order chi connectivity index (χ0) is 20.5. The molecule has 1 aromatic heterocycles. The lowest BCUT2D eigenvalue weighted by atomic mass is 9.92. The quantitative estimate of drug-likeness (QED) is 0.561. The molecular formula is C16H21F3N2O5S. The van der Waals surface area contributed by atoms with Crippen LogP contribution < -0.4 is 4.18 Å². The lowest BCUT2D eigenvalue weighted by Crippen LogP contribution is -2.42. The number of hydrogen-bond donors (Lipinski definition) is 0. The SMILES string of the molecule is CC(C)(C)OC(=O)N1CCCC(c2ccc(OS(=O)(=O)C(F)(F)F)nc2)C1. The van der Waals surface area contributed by atoms with Crippen molar-refractivity contribution < 1.29 is 35.3 Å². The Hall–Kier alpha value is -2.04. The fourth-order valence-electron chi connectivity index (χ4n) is 2.58. The van der Waals surface area contributed by atoms with Crippen LogP contribution in [0.25, 0.3) is 0 Å². The van der Waals surface area contributed by atoms with E-state index in [2.05, 4.69) is 9.17 Å². The average molecular weight is 410 g/mol. The third-order valence-electron chi connectivity index (χ3n) is 3.78. The molecule has 1 amide bonds. The number of carbonyl (C=O) groups is 1. The van der Waals surface area contributed by atoms with E-state index in [-0.39, 0.29) is 5.92 Å². The largest absolute Gasteiger partial charge is 0.534 e. The van der Waals surface area contributed by atoms with E-state index in [0.29, 0.717) is 18.7 Å². The van der Waals surface area contributed by atoms with E-state index in [1.165, 1.54) is 12.3 Å². The molecule has 1 aliphatic rings. The Kier molecular flexibility index (Phi) is 5.93. The van der Waals surface area contributed by atoms with Gasteiger partial charge in [-0.3, -0.25) is 0 Å². The molecule has 1 fully saturated rings. The summed E-state index contributed by atoms with van der Waals surface area (Å²) in [5.74, 6) is -0.761. The number of aromatic nitrogens is 1. The summed E-state index contributed by atoms with van der Waals surface area (Å²) in [7, 11) is -5.76. The number of alkyl halides is 3. The number of piperidine rings is 1. The molecule has 0 aromatic carbocycles. The molecule has 2 heterocycles. The number of likely N-dealkylation sites (tertiary alicyclic amines) is 1. The zero-order valence-corrected chi connectivity index (χ0v) is 15.9. The lowest BCUT2D eigenvalue weighted by Gasteiger charge is -2.34. The third kappa shape index (κ3) is 5.72. The summed E-state index contributed by atoms with van der Waals surface area (Å²) in [5, 5.41) is 0. The summed E-state index contributed by atoms with van der Waals surface area (Å²) in [5.41, 5.74) is -5.47. The summed E-state index contributed by atoms with van der Waals surface area (Å²) in [6.45, 7) is 6.22. The van der Waals surface area contributed by atoms with Crippen molar-refractivity contribution >= 4 is 16.2 Å². The van der Waals surface area contributed by atoms with E-state index >= 15 is 0 Å². The van der Waals surface area contributed by atoms with E-state index < -0.39 is 33.2 Å². The number of rotatable bonds is 3. The van der Waals surface area contributed by atoms with Crippen LogP contribution in [0, 0.1) is 0 Å². The summed E-state index contributed by atoms with van der Waals surface area (Å²) in [6.07, 6.45) is 2.30. The molecule has 11 heteroatoms. The molecule has 1 unspecified atom stereocenters. The van der Waals surface area contributed by atoms with Gasteiger partial charge < -0.3 is 13.8 Å². The first-order valence-corrected chi connectivity index (χ1v) is 9.64. The molecule has 0 N–H and O–H groups in total. The number of carbonyl (C=O) groups excluding carboxylic acids is 1. The minimum atomic E-state index is -5.76. The highest BCUT2D eigenvalue weighted by Crippen LogP contribution is 2.30. The van der Waals surface area contributed by atoms with Crippen molar-refractivity contribution in [3.8, 4) is 5.88 Å². The van der Waals surface area contributed by atoms with E-state index in [4.69, 9.17) is 4.74 Å². The van der Waals surface area contributed by atoms with Crippen LogP contribution in [0.1, 0.15) is 45.1 Å². The fourth-order valence-corrected chi connectivity index (χ4v) is 3.00. The zero-order valence-electron chi connectivity index (χ0n) is 15.1. The lowest BCUT2D eigenvalue weighted by molar-refractivity contribution is -0.0501. The van der Waals surface area contributed by atoms with Crippen molar-refractivity contribution in [1.82, 2.24) is 9.88 Å². The highest BCUT2D eigenvalue weighted by molar-refractivity contribution is 7.87. The molecular weight excluding hydrogens is 389 g/mol. The monoisotopic (exact) mass is 410 g/mol. The van der Waals surface area contributed by atoms with Crippen LogP contribution in [0.5, 0.6) is 5.88 Å². The smallest absolute Gasteiger partial charge is 0.444 e. The van der Waals surface area contributed by atoms with Crippen LogP contribution in [0.3, 0.4) is 0 Å². The second-order valence-electron chi connectivity index (χ2n) is 7.18. The molecule has 0 aliphatic carbocycles. The molecule has 7 nitrogen and oxygen atoms in total. The van der Waals surface area contributed by atoms with Crippen LogP contribution >= 0.6 is 0 Å². The van der Waals surface area contributed by atoms with Gasteiger partial charge in [0.15, 0.2) is 0 Å². The number of pyridine rings is 1. The Labute approximate surface area is 155 Å². The predicted octanol–water partition coefficient (Wildman–Crippen LogP) is 3.42. The minimum Gasteiger partial charge on any atom is -0.444 e. The van der Waals surface area contributed by atoms with Crippen molar-refractivity contribution in [2.45, 2.75) is 50.6 Å². The molecule has 2 rings (SSSR count). The Morgan fingerprint density at radius 1 is 1.26 bits per heavy atom. The summed E-state index contributed by atoms with van der Waals surface area (Å²) >= 11 is 0. The van der Waals surface area contributed by atoms with Crippen molar-refractivity contribution in [3.05, 3.63) is 23.9 Å². The summed E-state index contributed by atoms with van der Waals surface area (Å²) < 4.78 is 68.3. The number of amides is 1. The molecule has 27 heavy (non-hydrogen) atoms. The fraction of sp³-hybridized carbons (Fsp3) is 0.625. The highest BCUT2D eigenvalue weighted by Gasteiger charge is 2.48. The van der Waals surface area contributed by atoms with Gasteiger partial charge in [0.05, 0.1) is 0 Å². The van der Waals surface area contributed by atoms with E-state index in [0.717, 1.165) is 18.9 Å². The van der Waals surface area contributed by atoms with E-state index in [9.17, 15) is 26.4 Å². The van der Waals surface area contributed by atoms with E-state index in [1.807, 2.05) is 0 Å². The maximum absolute atomic E-state index is 12.3. The first-order valence-electron chi connectivity index (χ1n) is 8.23. The number of halogens is 3. The van der Waals surface area contributed by atoms with E-state index in [1.54, 1.807) is 25.7 Å². The van der Waals surface area contributed by atoms with Gasteiger partial charge in [-0.1, -0.05) is 6.07 Å². The first-order chi connectivity index (χ1) is 12.3. The van der Waals surface area contributed by atoms with Crippen molar-refractivity contribution in [3.63, 3.8) is 0 Å². The molecule has 1 atom stereocenters. The van der Waals surface area contributed by atoms with Crippen LogP contribution in [0.2, 0.25) is 0 Å². The Bertz CT molecular complexity index is 773. The van der Waals surface area contributed by atoms with Gasteiger partial charge in [0.1, 0.15) is 5.60 Å². The highest BCUT2D eigenvalue weighted by atomic mass is 32.2. The Morgan fingerprint density at radius 2 is 1.93 bits per heavy atom. The van der Waals surface area contributed by atoms with Gasteiger partial charge in [-0.2, -0.15) is 21.6 Å². The normalized spacial score (nSPS) is 18.9. The van der Waals surface area contributed by atoms with Crippen molar-refractivity contribution in [1.29, 1.82) is 0 Å². The van der Waals surface area contributed by atoms with Gasteiger partial charge in [-0.05, 0) is 39.2 Å². The maximum Gasteiger partial charge on any atom is 0.534 e.